The smallest absolute Gasteiger partial charge is 0.269 e. The van der Waals surface area contributed by atoms with Gasteiger partial charge in [0, 0.05) is 31.1 Å². The van der Waals surface area contributed by atoms with Crippen LogP contribution in [-0.4, -0.2) is 34.9 Å². The number of halogens is 1. The Morgan fingerprint density at radius 2 is 1.81 bits per heavy atom. The highest BCUT2D eigenvalue weighted by molar-refractivity contribution is 5.85. The summed E-state index contributed by atoms with van der Waals surface area (Å²) >= 11 is 0. The minimum atomic E-state index is -0.407. The quantitative estimate of drug-likeness (QED) is 0.574. The predicted molar refractivity (Wildman–Crippen MR) is 105 cm³/mol. The molecular weight excluding hydrogens is 354 g/mol. The first-order valence-corrected chi connectivity index (χ1v) is 9.12. The SMILES string of the molecule is CC(CC(=O)N(Cc1ccc([N+](=O)[O-])cc1)C(C)C)C1CCNCC1.Cl. The van der Waals surface area contributed by atoms with Gasteiger partial charge in [-0.25, -0.2) is 0 Å². The van der Waals surface area contributed by atoms with Gasteiger partial charge in [0.1, 0.15) is 0 Å². The summed E-state index contributed by atoms with van der Waals surface area (Å²) in [6, 6.07) is 6.56. The van der Waals surface area contributed by atoms with Crippen molar-refractivity contribution in [3.8, 4) is 0 Å². The second-order valence-electron chi connectivity index (χ2n) is 7.31. The van der Waals surface area contributed by atoms with Crippen LogP contribution in [0, 0.1) is 22.0 Å². The number of piperidine rings is 1. The molecule has 1 saturated heterocycles. The number of nitro groups is 1. The van der Waals surface area contributed by atoms with Crippen LogP contribution < -0.4 is 5.32 Å². The van der Waals surface area contributed by atoms with Crippen LogP contribution in [0.15, 0.2) is 24.3 Å². The van der Waals surface area contributed by atoms with Crippen LogP contribution in [-0.2, 0) is 11.3 Å². The summed E-state index contributed by atoms with van der Waals surface area (Å²) in [6.45, 7) is 8.78. The van der Waals surface area contributed by atoms with Crippen molar-refractivity contribution in [2.24, 2.45) is 11.8 Å². The second-order valence-corrected chi connectivity index (χ2v) is 7.31. The number of carbonyl (C=O) groups excluding carboxylic acids is 1. The number of rotatable bonds is 7. The average molecular weight is 384 g/mol. The molecule has 0 spiro atoms. The molecule has 1 N–H and O–H groups in total. The van der Waals surface area contributed by atoms with Gasteiger partial charge < -0.3 is 10.2 Å². The number of amides is 1. The third-order valence-electron chi connectivity index (χ3n) is 5.13. The van der Waals surface area contributed by atoms with Crippen molar-refractivity contribution in [1.29, 1.82) is 0 Å². The van der Waals surface area contributed by atoms with E-state index >= 15 is 0 Å². The zero-order valence-electron chi connectivity index (χ0n) is 15.8. The fourth-order valence-corrected chi connectivity index (χ4v) is 3.45. The van der Waals surface area contributed by atoms with E-state index in [1.54, 1.807) is 12.1 Å². The van der Waals surface area contributed by atoms with E-state index in [-0.39, 0.29) is 30.0 Å². The van der Waals surface area contributed by atoms with Crippen LogP contribution in [0.1, 0.15) is 45.6 Å². The summed E-state index contributed by atoms with van der Waals surface area (Å²) in [6.07, 6.45) is 2.84. The molecule has 0 aliphatic carbocycles. The van der Waals surface area contributed by atoms with Gasteiger partial charge in [-0.2, -0.15) is 0 Å². The molecule has 1 atom stereocenters. The first-order chi connectivity index (χ1) is 11.9. The van der Waals surface area contributed by atoms with Crippen molar-refractivity contribution in [2.75, 3.05) is 13.1 Å². The fourth-order valence-electron chi connectivity index (χ4n) is 3.45. The van der Waals surface area contributed by atoms with Gasteiger partial charge in [-0.1, -0.05) is 19.1 Å². The molecule has 0 bridgehead atoms. The van der Waals surface area contributed by atoms with Crippen molar-refractivity contribution in [3.63, 3.8) is 0 Å². The highest BCUT2D eigenvalue weighted by atomic mass is 35.5. The highest BCUT2D eigenvalue weighted by Gasteiger charge is 2.25. The predicted octanol–water partition coefficient (Wildman–Crippen LogP) is 3.78. The Morgan fingerprint density at radius 3 is 2.31 bits per heavy atom. The summed E-state index contributed by atoms with van der Waals surface area (Å²) in [5, 5.41) is 14.1. The molecule has 0 saturated carbocycles. The lowest BCUT2D eigenvalue weighted by molar-refractivity contribution is -0.384. The lowest BCUT2D eigenvalue weighted by Gasteiger charge is -2.32. The molecule has 7 heteroatoms. The fraction of sp³-hybridized carbons (Fsp3) is 0.632. The van der Waals surface area contributed by atoms with E-state index in [1.165, 1.54) is 12.1 Å². The van der Waals surface area contributed by atoms with Gasteiger partial charge in [-0.15, -0.1) is 12.4 Å². The Labute approximate surface area is 161 Å². The molecule has 1 fully saturated rings. The van der Waals surface area contributed by atoms with Crippen molar-refractivity contribution >= 4 is 24.0 Å². The Hall–Kier alpha value is -1.66. The monoisotopic (exact) mass is 383 g/mol. The Kier molecular flexibility index (Phi) is 9.02. The third kappa shape index (κ3) is 6.25. The van der Waals surface area contributed by atoms with Crippen LogP contribution >= 0.6 is 12.4 Å². The van der Waals surface area contributed by atoms with E-state index in [2.05, 4.69) is 12.2 Å². The maximum Gasteiger partial charge on any atom is 0.269 e. The minimum absolute atomic E-state index is 0. The summed E-state index contributed by atoms with van der Waals surface area (Å²) in [7, 11) is 0. The first-order valence-electron chi connectivity index (χ1n) is 9.12. The Morgan fingerprint density at radius 1 is 1.23 bits per heavy atom. The number of nitrogens with one attached hydrogen (secondary N) is 1. The van der Waals surface area contributed by atoms with Crippen LogP contribution in [0.2, 0.25) is 0 Å². The number of nitrogens with zero attached hydrogens (tertiary/aromatic N) is 2. The van der Waals surface area contributed by atoms with Gasteiger partial charge in [0.25, 0.3) is 5.69 Å². The Balaban J connectivity index is 0.00000338. The highest BCUT2D eigenvalue weighted by Crippen LogP contribution is 2.26. The van der Waals surface area contributed by atoms with E-state index in [9.17, 15) is 14.9 Å². The Bertz CT molecular complexity index is 586. The molecule has 2 rings (SSSR count). The van der Waals surface area contributed by atoms with E-state index in [4.69, 9.17) is 0 Å². The van der Waals surface area contributed by atoms with E-state index in [1.807, 2.05) is 18.7 Å². The number of hydrogen-bond acceptors (Lipinski definition) is 4. The summed E-state index contributed by atoms with van der Waals surface area (Å²) in [4.78, 5) is 25.0. The molecule has 1 unspecified atom stereocenters. The van der Waals surface area contributed by atoms with Gasteiger partial charge in [-0.3, -0.25) is 14.9 Å². The third-order valence-corrected chi connectivity index (χ3v) is 5.13. The standard InChI is InChI=1S/C19H29N3O3.ClH/c1-14(2)21(13-16-4-6-18(7-5-16)22(24)25)19(23)12-15(3)17-8-10-20-11-9-17;/h4-7,14-15,17,20H,8-13H2,1-3H3;1H. The molecule has 1 aromatic carbocycles. The van der Waals surface area contributed by atoms with Crippen molar-refractivity contribution in [3.05, 3.63) is 39.9 Å². The molecule has 0 radical (unpaired) electrons. The second kappa shape index (κ2) is 10.5. The van der Waals surface area contributed by atoms with Gasteiger partial charge >= 0.3 is 0 Å². The van der Waals surface area contributed by atoms with E-state index in [0.717, 1.165) is 31.5 Å². The van der Waals surface area contributed by atoms with Crippen molar-refractivity contribution in [2.45, 2.75) is 52.6 Å². The maximum absolute atomic E-state index is 12.8. The molecule has 1 amide bonds. The zero-order valence-corrected chi connectivity index (χ0v) is 16.6. The van der Waals surface area contributed by atoms with Crippen LogP contribution in [0.25, 0.3) is 0 Å². The molecule has 6 nitrogen and oxygen atoms in total. The van der Waals surface area contributed by atoms with E-state index in [0.29, 0.717) is 24.8 Å². The summed E-state index contributed by atoms with van der Waals surface area (Å²) < 4.78 is 0. The van der Waals surface area contributed by atoms with Crippen LogP contribution in [0.3, 0.4) is 0 Å². The molecule has 1 aliphatic rings. The number of benzene rings is 1. The molecule has 26 heavy (non-hydrogen) atoms. The topological polar surface area (TPSA) is 75.5 Å². The molecule has 1 aromatic rings. The van der Waals surface area contributed by atoms with Gasteiger partial charge in [-0.05, 0) is 57.2 Å². The van der Waals surface area contributed by atoms with Crippen LogP contribution in [0.5, 0.6) is 0 Å². The molecule has 1 aliphatic heterocycles. The molecule has 146 valence electrons. The number of carbonyl (C=O) groups is 1. The molecule has 0 aromatic heterocycles. The minimum Gasteiger partial charge on any atom is -0.336 e. The van der Waals surface area contributed by atoms with Gasteiger partial charge in [0.05, 0.1) is 4.92 Å². The maximum atomic E-state index is 12.8. The molecule has 1 heterocycles. The summed E-state index contributed by atoms with van der Waals surface area (Å²) in [5.41, 5.74) is 0.993. The number of non-ortho nitro benzene ring substituents is 1. The lowest BCUT2D eigenvalue weighted by Crippen LogP contribution is -2.39. The number of nitro benzene ring substituents is 1. The number of hydrogen-bond donors (Lipinski definition) is 1. The summed E-state index contributed by atoms with van der Waals surface area (Å²) in [5.74, 6) is 1.16. The van der Waals surface area contributed by atoms with Crippen LogP contribution in [0.4, 0.5) is 5.69 Å². The first kappa shape index (κ1) is 22.4. The lowest BCUT2D eigenvalue weighted by atomic mass is 9.84. The van der Waals surface area contributed by atoms with Gasteiger partial charge in [0.15, 0.2) is 0 Å². The average Bonchev–Trinajstić information content (AvgIpc) is 2.60. The zero-order chi connectivity index (χ0) is 18.4. The van der Waals surface area contributed by atoms with Crippen molar-refractivity contribution < 1.29 is 9.72 Å². The van der Waals surface area contributed by atoms with E-state index < -0.39 is 4.92 Å². The largest absolute Gasteiger partial charge is 0.336 e. The van der Waals surface area contributed by atoms with Gasteiger partial charge in [0.2, 0.25) is 5.91 Å². The normalized spacial score (nSPS) is 16.0. The van der Waals surface area contributed by atoms with Crippen molar-refractivity contribution in [1.82, 2.24) is 10.2 Å². The molecular formula is C19H30ClN3O3.